The lowest BCUT2D eigenvalue weighted by Crippen LogP contribution is -2.60. The number of hydrogen-bond donors (Lipinski definition) is 5. The van der Waals surface area contributed by atoms with Crippen LogP contribution in [0.4, 0.5) is 0 Å². The van der Waals surface area contributed by atoms with Gasteiger partial charge in [-0.15, -0.1) is 0 Å². The molecule has 2 aliphatic heterocycles. The third-order valence-electron chi connectivity index (χ3n) is 4.99. The summed E-state index contributed by atoms with van der Waals surface area (Å²) in [5.41, 5.74) is 1.09. The number of aliphatic hydroxyl groups is 5. The van der Waals surface area contributed by atoms with Crippen molar-refractivity contribution < 1.29 is 44.5 Å². The Kier molecular flexibility index (Phi) is 5.54. The quantitative estimate of drug-likeness (QED) is 0.273. The summed E-state index contributed by atoms with van der Waals surface area (Å²) in [4.78, 5) is 11.2. The first-order chi connectivity index (χ1) is 12.0. The molecule has 0 bridgehead atoms. The first-order valence-corrected chi connectivity index (χ1v) is 8.08. The normalized spacial score (nSPS) is 43.7. The second-order valence-corrected chi connectivity index (χ2v) is 6.38. The predicted octanol–water partition coefficient (Wildman–Crippen LogP) is -2.20. The van der Waals surface area contributed by atoms with E-state index in [1.807, 2.05) is 6.08 Å². The van der Waals surface area contributed by atoms with E-state index in [1.165, 1.54) is 6.26 Å². The predicted molar refractivity (Wildman–Crippen MR) is 80.6 cm³/mol. The summed E-state index contributed by atoms with van der Waals surface area (Å²) < 4.78 is 16.4. The van der Waals surface area contributed by atoms with E-state index in [-0.39, 0.29) is 12.5 Å². The summed E-state index contributed by atoms with van der Waals surface area (Å²) in [6.07, 6.45) is -3.70. The standard InChI is InChI=1S/C16H22O9/c17-3-7-1-2-9-8(4-18)6-23-15(11(7)9)25-16-14(22)13(21)12(20)10(5-19)24-16/h1,4,6,9-17,19-22H,2-3,5H2/t9-,10-,11-,12-,13+,14-,15-,16+/m1/s1. The maximum atomic E-state index is 11.2. The Morgan fingerprint density at radius 2 is 1.92 bits per heavy atom. The van der Waals surface area contributed by atoms with Crippen molar-refractivity contribution in [2.24, 2.45) is 11.8 Å². The fourth-order valence-corrected chi connectivity index (χ4v) is 3.56. The van der Waals surface area contributed by atoms with Gasteiger partial charge < -0.3 is 39.7 Å². The average Bonchev–Trinajstić information content (AvgIpc) is 3.07. The largest absolute Gasteiger partial charge is 0.471 e. The zero-order valence-corrected chi connectivity index (χ0v) is 13.3. The molecule has 5 N–H and O–H groups in total. The Bertz CT molecular complexity index is 558. The molecule has 0 unspecified atom stereocenters. The smallest absolute Gasteiger partial charge is 0.208 e. The fourth-order valence-electron chi connectivity index (χ4n) is 3.56. The van der Waals surface area contributed by atoms with Crippen molar-refractivity contribution in [3.63, 3.8) is 0 Å². The minimum atomic E-state index is -1.56. The number of carbonyl (C=O) groups excluding carboxylic acids is 1. The van der Waals surface area contributed by atoms with Gasteiger partial charge in [-0.3, -0.25) is 4.79 Å². The topological polar surface area (TPSA) is 146 Å². The summed E-state index contributed by atoms with van der Waals surface area (Å²) >= 11 is 0. The molecule has 0 radical (unpaired) electrons. The maximum Gasteiger partial charge on any atom is 0.208 e. The second kappa shape index (κ2) is 7.50. The van der Waals surface area contributed by atoms with Crippen molar-refractivity contribution in [3.8, 4) is 0 Å². The van der Waals surface area contributed by atoms with Gasteiger partial charge in [-0.25, -0.2) is 0 Å². The molecule has 8 atom stereocenters. The number of aliphatic hydroxyl groups excluding tert-OH is 5. The van der Waals surface area contributed by atoms with Gasteiger partial charge in [0.05, 0.1) is 25.4 Å². The molecule has 3 aliphatic rings. The SMILES string of the molecule is O=CC1=CO[C@H](O[C@@H]2O[C@H](CO)[C@@H](O)[C@H](O)[C@H]2O)[C@@H]2C(CO)=CC[C@H]12. The third kappa shape index (κ3) is 3.24. The highest BCUT2D eigenvalue weighted by molar-refractivity contribution is 5.74. The molecule has 2 heterocycles. The van der Waals surface area contributed by atoms with E-state index in [0.717, 1.165) is 0 Å². The van der Waals surface area contributed by atoms with E-state index in [0.29, 0.717) is 23.9 Å². The number of fused-ring (bicyclic) bond motifs is 1. The van der Waals surface area contributed by atoms with E-state index >= 15 is 0 Å². The molecule has 0 amide bonds. The monoisotopic (exact) mass is 358 g/mol. The Hall–Kier alpha value is -1.33. The molecule has 1 aliphatic carbocycles. The minimum absolute atomic E-state index is 0.219. The van der Waals surface area contributed by atoms with Gasteiger partial charge in [0.2, 0.25) is 6.29 Å². The van der Waals surface area contributed by atoms with Crippen molar-refractivity contribution in [3.05, 3.63) is 23.5 Å². The van der Waals surface area contributed by atoms with Crippen LogP contribution in [0.25, 0.3) is 0 Å². The van der Waals surface area contributed by atoms with E-state index in [9.17, 15) is 30.3 Å². The zero-order chi connectivity index (χ0) is 18.1. The van der Waals surface area contributed by atoms with Gasteiger partial charge >= 0.3 is 0 Å². The van der Waals surface area contributed by atoms with Gasteiger partial charge in [0.15, 0.2) is 6.29 Å². The van der Waals surface area contributed by atoms with Crippen LogP contribution in [0.2, 0.25) is 0 Å². The van der Waals surface area contributed by atoms with Crippen LogP contribution in [0, 0.1) is 11.8 Å². The van der Waals surface area contributed by atoms with Gasteiger partial charge in [-0.2, -0.15) is 0 Å². The number of carbonyl (C=O) groups is 1. The highest BCUT2D eigenvalue weighted by atomic mass is 16.8. The summed E-state index contributed by atoms with van der Waals surface area (Å²) in [7, 11) is 0. The number of ether oxygens (including phenoxy) is 3. The summed E-state index contributed by atoms with van der Waals surface area (Å²) in [6, 6.07) is 0. The van der Waals surface area contributed by atoms with Crippen LogP contribution in [0.1, 0.15) is 6.42 Å². The summed E-state index contributed by atoms with van der Waals surface area (Å²) in [5.74, 6) is -0.661. The number of allylic oxidation sites excluding steroid dienone is 2. The van der Waals surface area contributed by atoms with E-state index in [4.69, 9.17) is 14.2 Å². The Balaban J connectivity index is 1.78. The molecule has 1 fully saturated rings. The highest BCUT2D eigenvalue weighted by Gasteiger charge is 2.48. The summed E-state index contributed by atoms with van der Waals surface area (Å²) in [6.45, 7) is -0.801. The number of aldehydes is 1. The first-order valence-electron chi connectivity index (χ1n) is 8.08. The van der Waals surface area contributed by atoms with Crippen molar-refractivity contribution in [1.82, 2.24) is 0 Å². The molecular weight excluding hydrogens is 336 g/mol. The van der Waals surface area contributed by atoms with E-state index < -0.39 is 49.5 Å². The molecular formula is C16H22O9. The van der Waals surface area contributed by atoms with E-state index in [2.05, 4.69) is 0 Å². The van der Waals surface area contributed by atoms with Crippen LogP contribution in [-0.2, 0) is 19.0 Å². The molecule has 0 spiro atoms. The molecule has 0 aromatic rings. The molecule has 3 rings (SSSR count). The van der Waals surface area contributed by atoms with Crippen LogP contribution in [0.5, 0.6) is 0 Å². The molecule has 9 nitrogen and oxygen atoms in total. The van der Waals surface area contributed by atoms with Crippen LogP contribution >= 0.6 is 0 Å². The molecule has 0 aromatic heterocycles. The van der Waals surface area contributed by atoms with Crippen LogP contribution in [0.3, 0.4) is 0 Å². The molecule has 1 saturated heterocycles. The van der Waals surface area contributed by atoms with Crippen LogP contribution in [0.15, 0.2) is 23.5 Å². The van der Waals surface area contributed by atoms with Crippen molar-refractivity contribution in [2.45, 2.75) is 43.4 Å². The Morgan fingerprint density at radius 1 is 1.16 bits per heavy atom. The van der Waals surface area contributed by atoms with E-state index in [1.54, 1.807) is 0 Å². The summed E-state index contributed by atoms with van der Waals surface area (Å²) in [5, 5.41) is 48.5. The second-order valence-electron chi connectivity index (χ2n) is 6.38. The molecule has 140 valence electrons. The Morgan fingerprint density at radius 3 is 2.56 bits per heavy atom. The van der Waals surface area contributed by atoms with Crippen molar-refractivity contribution >= 4 is 6.29 Å². The molecule has 0 saturated carbocycles. The maximum absolute atomic E-state index is 11.2. The fraction of sp³-hybridized carbons (Fsp3) is 0.688. The minimum Gasteiger partial charge on any atom is -0.471 e. The average molecular weight is 358 g/mol. The van der Waals surface area contributed by atoms with Crippen LogP contribution in [-0.4, -0.2) is 82.0 Å². The lowest BCUT2D eigenvalue weighted by Gasteiger charge is -2.42. The molecule has 25 heavy (non-hydrogen) atoms. The molecule has 0 aromatic carbocycles. The number of rotatable bonds is 5. The number of hydrogen-bond acceptors (Lipinski definition) is 9. The van der Waals surface area contributed by atoms with Gasteiger partial charge in [0.25, 0.3) is 0 Å². The lowest BCUT2D eigenvalue weighted by molar-refractivity contribution is -0.339. The molecule has 9 heteroatoms. The van der Waals surface area contributed by atoms with Gasteiger partial charge in [-0.05, 0) is 12.0 Å². The highest BCUT2D eigenvalue weighted by Crippen LogP contribution is 2.43. The lowest BCUT2D eigenvalue weighted by atomic mass is 9.84. The zero-order valence-electron chi connectivity index (χ0n) is 13.3. The van der Waals surface area contributed by atoms with Gasteiger partial charge in [0, 0.05) is 11.5 Å². The van der Waals surface area contributed by atoms with Crippen molar-refractivity contribution in [2.75, 3.05) is 13.2 Å². The first kappa shape index (κ1) is 18.5. The third-order valence-corrected chi connectivity index (χ3v) is 4.99. The van der Waals surface area contributed by atoms with Crippen molar-refractivity contribution in [1.29, 1.82) is 0 Å². The Labute approximate surface area is 143 Å². The van der Waals surface area contributed by atoms with Gasteiger partial charge in [-0.1, -0.05) is 6.08 Å². The van der Waals surface area contributed by atoms with Gasteiger partial charge in [0.1, 0.15) is 30.7 Å². The van der Waals surface area contributed by atoms with Crippen LogP contribution < -0.4 is 0 Å².